The van der Waals surface area contributed by atoms with Crippen LogP contribution in [0.4, 0.5) is 10.3 Å². The number of anilines is 1. The fourth-order valence-corrected chi connectivity index (χ4v) is 2.50. The molecule has 0 spiro atoms. The van der Waals surface area contributed by atoms with Crippen molar-refractivity contribution >= 4 is 5.95 Å². The molecule has 8 heteroatoms. The zero-order valence-electron chi connectivity index (χ0n) is 13.9. The number of rotatable bonds is 5. The summed E-state index contributed by atoms with van der Waals surface area (Å²) in [6.07, 6.45) is 5.02. The molecule has 0 radical (unpaired) electrons. The fraction of sp³-hybridized carbons (Fsp3) is 0.111. The Balaban J connectivity index is 1.54. The van der Waals surface area contributed by atoms with E-state index in [0.717, 1.165) is 17.0 Å². The van der Waals surface area contributed by atoms with Crippen LogP contribution in [0.15, 0.2) is 59.5 Å². The molecule has 1 aromatic carbocycles. The maximum Gasteiger partial charge on any atom is 0.223 e. The van der Waals surface area contributed by atoms with E-state index in [2.05, 4.69) is 25.5 Å². The average molecular weight is 350 g/mol. The Hall–Kier alpha value is -3.55. The topological polar surface area (TPSA) is 81.7 Å². The van der Waals surface area contributed by atoms with Crippen LogP contribution in [0.1, 0.15) is 11.5 Å². The quantitative estimate of drug-likeness (QED) is 0.594. The van der Waals surface area contributed by atoms with Gasteiger partial charge in [-0.25, -0.2) is 19.0 Å². The van der Waals surface area contributed by atoms with Crippen LogP contribution in [0.2, 0.25) is 0 Å². The molecular weight excluding hydrogens is 335 g/mol. The second-order valence-corrected chi connectivity index (χ2v) is 5.67. The molecule has 26 heavy (non-hydrogen) atoms. The van der Waals surface area contributed by atoms with Crippen molar-refractivity contribution in [2.24, 2.45) is 0 Å². The fourth-order valence-electron chi connectivity index (χ4n) is 2.50. The van der Waals surface area contributed by atoms with Gasteiger partial charge >= 0.3 is 0 Å². The largest absolute Gasteiger partial charge is 0.361 e. The molecule has 130 valence electrons. The third-order valence-electron chi connectivity index (χ3n) is 3.74. The van der Waals surface area contributed by atoms with Crippen LogP contribution in [0.25, 0.3) is 16.9 Å². The van der Waals surface area contributed by atoms with Crippen LogP contribution in [0.5, 0.6) is 0 Å². The van der Waals surface area contributed by atoms with Gasteiger partial charge in [-0.1, -0.05) is 17.3 Å². The molecule has 0 aliphatic rings. The first-order valence-corrected chi connectivity index (χ1v) is 7.98. The van der Waals surface area contributed by atoms with Gasteiger partial charge in [-0.2, -0.15) is 5.10 Å². The molecule has 4 aromatic rings. The van der Waals surface area contributed by atoms with E-state index in [1.165, 1.54) is 10.7 Å². The maximum atomic E-state index is 13.9. The highest BCUT2D eigenvalue weighted by atomic mass is 19.1. The minimum absolute atomic E-state index is 0.338. The zero-order chi connectivity index (χ0) is 17.9. The Kier molecular flexibility index (Phi) is 4.14. The summed E-state index contributed by atoms with van der Waals surface area (Å²) < 4.78 is 20.4. The number of aryl methyl sites for hydroxylation is 1. The molecule has 0 saturated heterocycles. The van der Waals surface area contributed by atoms with Gasteiger partial charge < -0.3 is 9.84 Å². The van der Waals surface area contributed by atoms with Crippen molar-refractivity contribution in [3.8, 4) is 16.9 Å². The Labute approximate surface area is 148 Å². The Morgan fingerprint density at radius 1 is 1.23 bits per heavy atom. The number of hydrogen-bond acceptors (Lipinski definition) is 6. The van der Waals surface area contributed by atoms with Crippen molar-refractivity contribution in [1.29, 1.82) is 0 Å². The highest BCUT2D eigenvalue weighted by Gasteiger charge is 2.09. The second-order valence-electron chi connectivity index (χ2n) is 5.67. The highest BCUT2D eigenvalue weighted by molar-refractivity contribution is 5.58. The van der Waals surface area contributed by atoms with E-state index < -0.39 is 0 Å². The average Bonchev–Trinajstić information content (AvgIpc) is 3.30. The first-order valence-electron chi connectivity index (χ1n) is 7.98. The van der Waals surface area contributed by atoms with Gasteiger partial charge in [0.05, 0.1) is 18.4 Å². The van der Waals surface area contributed by atoms with Crippen LogP contribution in [-0.4, -0.2) is 24.9 Å². The van der Waals surface area contributed by atoms with Gasteiger partial charge in [-0.05, 0) is 25.1 Å². The predicted octanol–water partition coefficient (Wildman–Crippen LogP) is 3.38. The summed E-state index contributed by atoms with van der Waals surface area (Å²) in [5.74, 6) is 0.869. The first-order chi connectivity index (χ1) is 12.7. The first kappa shape index (κ1) is 15.9. The summed E-state index contributed by atoms with van der Waals surface area (Å²) >= 11 is 0. The standard InChI is InChI=1S/C18H15FN6O/c1-12-8-14(24-26-12)10-21-18-20-7-6-16(23-18)13-9-22-25(11-13)17-5-3-2-4-15(17)19/h2-9,11H,10H2,1H3,(H,20,21,23). The summed E-state index contributed by atoms with van der Waals surface area (Å²) in [5, 5.41) is 11.2. The normalized spacial score (nSPS) is 10.8. The number of benzene rings is 1. The lowest BCUT2D eigenvalue weighted by Gasteiger charge is -2.04. The van der Waals surface area contributed by atoms with Crippen molar-refractivity contribution in [1.82, 2.24) is 24.9 Å². The van der Waals surface area contributed by atoms with Crippen molar-refractivity contribution in [3.05, 3.63) is 72.3 Å². The molecule has 0 aliphatic heterocycles. The number of halogens is 1. The van der Waals surface area contributed by atoms with E-state index in [1.54, 1.807) is 42.9 Å². The van der Waals surface area contributed by atoms with Crippen molar-refractivity contribution in [3.63, 3.8) is 0 Å². The molecule has 3 aromatic heterocycles. The van der Waals surface area contributed by atoms with Gasteiger partial charge in [0.1, 0.15) is 23.0 Å². The number of nitrogens with one attached hydrogen (secondary N) is 1. The van der Waals surface area contributed by atoms with E-state index in [1.807, 2.05) is 13.0 Å². The second kappa shape index (κ2) is 6.75. The predicted molar refractivity (Wildman–Crippen MR) is 93.1 cm³/mol. The van der Waals surface area contributed by atoms with E-state index >= 15 is 0 Å². The van der Waals surface area contributed by atoms with E-state index in [0.29, 0.717) is 23.9 Å². The van der Waals surface area contributed by atoms with Gasteiger partial charge in [0, 0.05) is 24.0 Å². The highest BCUT2D eigenvalue weighted by Crippen LogP contribution is 2.20. The minimum Gasteiger partial charge on any atom is -0.361 e. The number of aromatic nitrogens is 5. The molecule has 7 nitrogen and oxygen atoms in total. The third kappa shape index (κ3) is 3.30. The number of hydrogen-bond donors (Lipinski definition) is 1. The van der Waals surface area contributed by atoms with E-state index in [4.69, 9.17) is 4.52 Å². The third-order valence-corrected chi connectivity index (χ3v) is 3.74. The van der Waals surface area contributed by atoms with E-state index in [9.17, 15) is 4.39 Å². The molecule has 0 fully saturated rings. The lowest BCUT2D eigenvalue weighted by molar-refractivity contribution is 0.391. The smallest absolute Gasteiger partial charge is 0.223 e. The number of nitrogens with zero attached hydrogens (tertiary/aromatic N) is 5. The lowest BCUT2D eigenvalue weighted by atomic mass is 10.2. The summed E-state index contributed by atoms with van der Waals surface area (Å²) in [7, 11) is 0. The molecule has 0 amide bonds. The van der Waals surface area contributed by atoms with Crippen LogP contribution in [0.3, 0.4) is 0 Å². The van der Waals surface area contributed by atoms with Crippen molar-refractivity contribution < 1.29 is 8.91 Å². The van der Waals surface area contributed by atoms with Crippen LogP contribution in [0, 0.1) is 12.7 Å². The summed E-state index contributed by atoms with van der Waals surface area (Å²) in [6.45, 7) is 2.29. The molecule has 0 saturated carbocycles. The minimum atomic E-state index is -0.338. The number of para-hydroxylation sites is 1. The Bertz CT molecular complexity index is 1040. The molecular formula is C18H15FN6O. The molecule has 3 heterocycles. The Morgan fingerprint density at radius 2 is 2.12 bits per heavy atom. The van der Waals surface area contributed by atoms with Crippen molar-refractivity contribution in [2.75, 3.05) is 5.32 Å². The SMILES string of the molecule is Cc1cc(CNc2nccc(-c3cnn(-c4ccccc4F)c3)n2)no1. The molecule has 0 bridgehead atoms. The summed E-state index contributed by atoms with van der Waals surface area (Å²) in [6, 6.07) is 10.1. The molecule has 0 unspecified atom stereocenters. The maximum absolute atomic E-state index is 13.9. The summed E-state index contributed by atoms with van der Waals surface area (Å²) in [5.41, 5.74) is 2.59. The van der Waals surface area contributed by atoms with Crippen molar-refractivity contribution in [2.45, 2.75) is 13.5 Å². The van der Waals surface area contributed by atoms with Gasteiger partial charge in [-0.3, -0.25) is 0 Å². The monoisotopic (exact) mass is 350 g/mol. The van der Waals surface area contributed by atoms with Gasteiger partial charge in [-0.15, -0.1) is 0 Å². The molecule has 0 aliphatic carbocycles. The lowest BCUT2D eigenvalue weighted by Crippen LogP contribution is -2.04. The van der Waals surface area contributed by atoms with Crippen LogP contribution in [-0.2, 0) is 6.54 Å². The molecule has 4 rings (SSSR count). The van der Waals surface area contributed by atoms with Gasteiger partial charge in [0.15, 0.2) is 0 Å². The van der Waals surface area contributed by atoms with Gasteiger partial charge in [0.2, 0.25) is 5.95 Å². The van der Waals surface area contributed by atoms with Gasteiger partial charge in [0.25, 0.3) is 0 Å². The van der Waals surface area contributed by atoms with E-state index in [-0.39, 0.29) is 5.82 Å². The molecule has 0 atom stereocenters. The van der Waals surface area contributed by atoms with Crippen LogP contribution < -0.4 is 5.32 Å². The molecule has 1 N–H and O–H groups in total. The van der Waals surface area contributed by atoms with Crippen LogP contribution >= 0.6 is 0 Å². The summed E-state index contributed by atoms with van der Waals surface area (Å²) in [4.78, 5) is 8.66. The Morgan fingerprint density at radius 3 is 2.92 bits per heavy atom. The zero-order valence-corrected chi connectivity index (χ0v) is 13.9.